The van der Waals surface area contributed by atoms with Crippen molar-refractivity contribution < 1.29 is 9.59 Å². The van der Waals surface area contributed by atoms with Gasteiger partial charge < -0.3 is 16.0 Å². The molecular weight excluding hydrogens is 326 g/mol. The molecule has 0 saturated carbocycles. The summed E-state index contributed by atoms with van der Waals surface area (Å²) >= 11 is 6.27. The van der Waals surface area contributed by atoms with Gasteiger partial charge in [-0.15, -0.1) is 0 Å². The van der Waals surface area contributed by atoms with Gasteiger partial charge >= 0.3 is 0 Å². The number of benzene rings is 1. The highest BCUT2D eigenvalue weighted by Crippen LogP contribution is 2.25. The summed E-state index contributed by atoms with van der Waals surface area (Å²) in [7, 11) is 0. The molecule has 1 aliphatic heterocycles. The monoisotopic (exact) mass is 351 g/mol. The SMILES string of the molecule is CC(C)(C)[C@H](N)C(=O)Nc1ccc(C(=O)N2CCCCC2)c(Cl)c1. The lowest BCUT2D eigenvalue weighted by Crippen LogP contribution is -2.45. The van der Waals surface area contributed by atoms with Gasteiger partial charge in [-0.3, -0.25) is 9.59 Å². The van der Waals surface area contributed by atoms with Crippen molar-refractivity contribution in [2.45, 2.75) is 46.1 Å². The lowest BCUT2D eigenvalue weighted by Gasteiger charge is -2.27. The van der Waals surface area contributed by atoms with Crippen molar-refractivity contribution in [1.82, 2.24) is 4.90 Å². The molecule has 24 heavy (non-hydrogen) atoms. The molecule has 1 aromatic carbocycles. The number of halogens is 1. The van der Waals surface area contributed by atoms with Crippen molar-refractivity contribution >= 4 is 29.1 Å². The molecule has 0 radical (unpaired) electrons. The van der Waals surface area contributed by atoms with E-state index in [4.69, 9.17) is 17.3 Å². The second-order valence-corrected chi connectivity index (χ2v) is 7.79. The van der Waals surface area contributed by atoms with E-state index in [1.807, 2.05) is 25.7 Å². The number of carbonyl (C=O) groups is 2. The van der Waals surface area contributed by atoms with Crippen LogP contribution in [0, 0.1) is 5.41 Å². The zero-order valence-electron chi connectivity index (χ0n) is 14.6. The molecule has 0 bridgehead atoms. The molecule has 5 nitrogen and oxygen atoms in total. The fourth-order valence-electron chi connectivity index (χ4n) is 2.65. The minimum Gasteiger partial charge on any atom is -0.339 e. The van der Waals surface area contributed by atoms with E-state index in [9.17, 15) is 9.59 Å². The van der Waals surface area contributed by atoms with Gasteiger partial charge in [0, 0.05) is 18.8 Å². The fraction of sp³-hybridized carbons (Fsp3) is 0.556. The van der Waals surface area contributed by atoms with E-state index in [0.717, 1.165) is 32.4 Å². The quantitative estimate of drug-likeness (QED) is 0.877. The first kappa shape index (κ1) is 18.7. The Morgan fingerprint density at radius 1 is 1.21 bits per heavy atom. The second-order valence-electron chi connectivity index (χ2n) is 7.38. The summed E-state index contributed by atoms with van der Waals surface area (Å²) in [6, 6.07) is 4.32. The maximum Gasteiger partial charge on any atom is 0.255 e. The molecule has 0 spiro atoms. The van der Waals surface area contributed by atoms with Crippen LogP contribution in [-0.4, -0.2) is 35.8 Å². The van der Waals surface area contributed by atoms with Crippen LogP contribution in [0.3, 0.4) is 0 Å². The van der Waals surface area contributed by atoms with Crippen molar-refractivity contribution in [2.75, 3.05) is 18.4 Å². The molecule has 0 aliphatic carbocycles. The lowest BCUT2D eigenvalue weighted by atomic mass is 9.87. The van der Waals surface area contributed by atoms with Crippen molar-refractivity contribution in [3.05, 3.63) is 28.8 Å². The van der Waals surface area contributed by atoms with E-state index in [1.165, 1.54) is 0 Å². The molecule has 1 fully saturated rings. The number of hydrogen-bond acceptors (Lipinski definition) is 3. The van der Waals surface area contributed by atoms with Crippen LogP contribution in [0.25, 0.3) is 0 Å². The maximum absolute atomic E-state index is 12.5. The van der Waals surface area contributed by atoms with Gasteiger partial charge in [-0.1, -0.05) is 32.4 Å². The van der Waals surface area contributed by atoms with Crippen LogP contribution in [0.15, 0.2) is 18.2 Å². The van der Waals surface area contributed by atoms with E-state index in [0.29, 0.717) is 16.3 Å². The zero-order valence-corrected chi connectivity index (χ0v) is 15.3. The topological polar surface area (TPSA) is 75.4 Å². The molecule has 2 amide bonds. The molecule has 1 saturated heterocycles. The van der Waals surface area contributed by atoms with Gasteiger partial charge in [0.05, 0.1) is 16.6 Å². The highest BCUT2D eigenvalue weighted by Gasteiger charge is 2.27. The smallest absolute Gasteiger partial charge is 0.255 e. The highest BCUT2D eigenvalue weighted by molar-refractivity contribution is 6.34. The number of nitrogens with two attached hydrogens (primary N) is 1. The minimum absolute atomic E-state index is 0.0519. The summed E-state index contributed by atoms with van der Waals surface area (Å²) in [5.41, 5.74) is 6.63. The van der Waals surface area contributed by atoms with Gasteiger partial charge in [-0.25, -0.2) is 0 Å². The molecule has 2 rings (SSSR count). The first-order valence-corrected chi connectivity index (χ1v) is 8.73. The molecule has 3 N–H and O–H groups in total. The third-order valence-corrected chi connectivity index (χ3v) is 4.64. The van der Waals surface area contributed by atoms with E-state index >= 15 is 0 Å². The summed E-state index contributed by atoms with van der Waals surface area (Å²) in [6.45, 7) is 7.27. The normalized spacial score (nSPS) is 16.6. The van der Waals surface area contributed by atoms with Crippen molar-refractivity contribution in [3.8, 4) is 0 Å². The van der Waals surface area contributed by atoms with E-state index in [-0.39, 0.29) is 17.2 Å². The zero-order chi connectivity index (χ0) is 17.9. The van der Waals surface area contributed by atoms with Crippen LogP contribution >= 0.6 is 11.6 Å². The van der Waals surface area contributed by atoms with Crippen LogP contribution in [0.2, 0.25) is 5.02 Å². The first-order valence-electron chi connectivity index (χ1n) is 8.35. The van der Waals surface area contributed by atoms with Crippen LogP contribution in [0.4, 0.5) is 5.69 Å². The van der Waals surface area contributed by atoms with Crippen LogP contribution in [-0.2, 0) is 4.79 Å². The fourth-order valence-corrected chi connectivity index (χ4v) is 2.91. The molecule has 132 valence electrons. The summed E-state index contributed by atoms with van der Waals surface area (Å²) in [5, 5.41) is 3.10. The number of nitrogens with zero attached hydrogens (tertiary/aromatic N) is 1. The van der Waals surface area contributed by atoms with E-state index in [2.05, 4.69) is 5.32 Å². The number of amides is 2. The van der Waals surface area contributed by atoms with Crippen molar-refractivity contribution in [2.24, 2.45) is 11.1 Å². The molecular formula is C18H26ClN3O2. The number of piperidine rings is 1. The molecule has 6 heteroatoms. The predicted octanol–water partition coefficient (Wildman–Crippen LogP) is 3.28. The standard InChI is InChI=1S/C18H26ClN3O2/c1-18(2,3)15(20)16(23)21-12-7-8-13(14(19)11-12)17(24)22-9-5-4-6-10-22/h7-8,11,15H,4-6,9-10,20H2,1-3H3,(H,21,23)/t15-/m1/s1. The van der Waals surface area contributed by atoms with Crippen LogP contribution < -0.4 is 11.1 Å². The molecule has 1 aliphatic rings. The largest absolute Gasteiger partial charge is 0.339 e. The van der Waals surface area contributed by atoms with Gasteiger partial charge in [0.15, 0.2) is 0 Å². The van der Waals surface area contributed by atoms with Crippen LogP contribution in [0.5, 0.6) is 0 Å². The Hall–Kier alpha value is -1.59. The molecule has 0 aromatic heterocycles. The summed E-state index contributed by atoms with van der Waals surface area (Å²) in [6.07, 6.45) is 3.22. The average Bonchev–Trinajstić information content (AvgIpc) is 2.53. The summed E-state index contributed by atoms with van der Waals surface area (Å²) in [4.78, 5) is 26.5. The molecule has 1 atom stereocenters. The number of likely N-dealkylation sites (tertiary alicyclic amines) is 1. The average molecular weight is 352 g/mol. The van der Waals surface area contributed by atoms with Crippen LogP contribution in [0.1, 0.15) is 50.4 Å². The summed E-state index contributed by atoms with van der Waals surface area (Å²) in [5.74, 6) is -0.322. The Morgan fingerprint density at radius 2 is 1.83 bits per heavy atom. The van der Waals surface area contributed by atoms with E-state index < -0.39 is 6.04 Å². The first-order chi connectivity index (χ1) is 11.2. The highest BCUT2D eigenvalue weighted by atomic mass is 35.5. The van der Waals surface area contributed by atoms with Crippen molar-refractivity contribution in [1.29, 1.82) is 0 Å². The minimum atomic E-state index is -0.633. The van der Waals surface area contributed by atoms with Gasteiger partial charge in [0.2, 0.25) is 5.91 Å². The maximum atomic E-state index is 12.5. The molecule has 1 heterocycles. The number of anilines is 1. The van der Waals surface area contributed by atoms with Gasteiger partial charge in [-0.2, -0.15) is 0 Å². The Bertz CT molecular complexity index is 619. The number of carbonyl (C=O) groups excluding carboxylic acids is 2. The van der Waals surface area contributed by atoms with Gasteiger partial charge in [0.25, 0.3) is 5.91 Å². The third-order valence-electron chi connectivity index (χ3n) is 4.33. The van der Waals surface area contributed by atoms with E-state index in [1.54, 1.807) is 18.2 Å². The third kappa shape index (κ3) is 4.48. The molecule has 1 aromatic rings. The van der Waals surface area contributed by atoms with Crippen molar-refractivity contribution in [3.63, 3.8) is 0 Å². The molecule has 0 unspecified atom stereocenters. The Balaban J connectivity index is 2.09. The van der Waals surface area contributed by atoms with Gasteiger partial charge in [-0.05, 0) is 42.9 Å². The Kier molecular flexibility index (Phi) is 5.88. The Labute approximate surface area is 148 Å². The van der Waals surface area contributed by atoms with Gasteiger partial charge in [0.1, 0.15) is 0 Å². The summed E-state index contributed by atoms with van der Waals surface area (Å²) < 4.78 is 0. The Morgan fingerprint density at radius 3 is 2.38 bits per heavy atom. The predicted molar refractivity (Wildman–Crippen MR) is 97.3 cm³/mol. The number of nitrogens with one attached hydrogen (secondary N) is 1. The lowest BCUT2D eigenvalue weighted by molar-refractivity contribution is -0.119. The second kappa shape index (κ2) is 7.53. The number of hydrogen-bond donors (Lipinski definition) is 2. The number of rotatable bonds is 3.